The summed E-state index contributed by atoms with van der Waals surface area (Å²) >= 11 is 0. The highest BCUT2D eigenvalue weighted by Gasteiger charge is 2.22. The van der Waals surface area contributed by atoms with Crippen molar-refractivity contribution >= 4 is 29.9 Å². The molecule has 0 bridgehead atoms. The molecule has 0 radical (unpaired) electrons. The number of aromatic nitrogens is 2. The van der Waals surface area contributed by atoms with Crippen molar-refractivity contribution in [1.29, 1.82) is 0 Å². The van der Waals surface area contributed by atoms with Crippen molar-refractivity contribution in [3.8, 4) is 5.75 Å². The van der Waals surface area contributed by atoms with E-state index >= 15 is 0 Å². The lowest BCUT2D eigenvalue weighted by Crippen LogP contribution is -2.42. The molecule has 27 heavy (non-hydrogen) atoms. The van der Waals surface area contributed by atoms with Gasteiger partial charge in [0.05, 0.1) is 12.2 Å². The number of fused-ring (bicyclic) bond motifs is 1. The van der Waals surface area contributed by atoms with E-state index in [4.69, 9.17) is 4.74 Å². The van der Waals surface area contributed by atoms with Gasteiger partial charge >= 0.3 is 0 Å². The quantitative estimate of drug-likeness (QED) is 0.377. The monoisotopic (exact) mass is 483 g/mol. The predicted molar refractivity (Wildman–Crippen MR) is 120 cm³/mol. The molecule has 1 aliphatic rings. The molecule has 3 rings (SSSR count). The summed E-state index contributed by atoms with van der Waals surface area (Å²) in [5, 5.41) is 11.4. The maximum atomic E-state index is 5.98. The number of para-hydroxylation sites is 1. The minimum Gasteiger partial charge on any atom is -0.488 e. The van der Waals surface area contributed by atoms with E-state index in [0.29, 0.717) is 0 Å². The lowest BCUT2D eigenvalue weighted by atomic mass is 10.1. The van der Waals surface area contributed by atoms with E-state index in [9.17, 15) is 0 Å². The second-order valence-corrected chi connectivity index (χ2v) is 6.56. The van der Waals surface area contributed by atoms with Gasteiger partial charge in [-0.05, 0) is 24.5 Å². The summed E-state index contributed by atoms with van der Waals surface area (Å²) < 4.78 is 7.98. The van der Waals surface area contributed by atoms with Gasteiger partial charge in [0.1, 0.15) is 11.9 Å². The lowest BCUT2D eigenvalue weighted by molar-refractivity contribution is 0.235. The van der Waals surface area contributed by atoms with Crippen molar-refractivity contribution in [3.05, 3.63) is 46.8 Å². The molecule has 0 amide bonds. The standard InChI is InChI=1S/C20H29N5O.HI/c1-5-17-16(18(6-2)25(4)24-17)13-23-20(21-3)22-12-15-11-14-9-7-8-10-19(14)26-15;/h7-10,15H,5-6,11-13H2,1-4H3,(H2,21,22,23);1H. The molecule has 0 saturated heterocycles. The molecule has 1 atom stereocenters. The van der Waals surface area contributed by atoms with E-state index in [2.05, 4.69) is 46.7 Å². The first-order valence-electron chi connectivity index (χ1n) is 9.38. The van der Waals surface area contributed by atoms with E-state index in [1.54, 1.807) is 7.05 Å². The van der Waals surface area contributed by atoms with Crippen LogP contribution in [0.15, 0.2) is 29.3 Å². The predicted octanol–water partition coefficient (Wildman–Crippen LogP) is 2.83. The van der Waals surface area contributed by atoms with Gasteiger partial charge in [-0.15, -0.1) is 24.0 Å². The Kier molecular flexibility index (Phi) is 7.94. The minimum atomic E-state index is 0. The molecule has 1 aliphatic heterocycles. The van der Waals surface area contributed by atoms with Crippen molar-refractivity contribution in [2.24, 2.45) is 12.0 Å². The van der Waals surface area contributed by atoms with E-state index in [1.165, 1.54) is 16.8 Å². The number of ether oxygens (including phenoxy) is 1. The van der Waals surface area contributed by atoms with Gasteiger partial charge < -0.3 is 15.4 Å². The normalized spacial score (nSPS) is 15.7. The third kappa shape index (κ3) is 4.94. The van der Waals surface area contributed by atoms with Crippen LogP contribution in [0.2, 0.25) is 0 Å². The highest BCUT2D eigenvalue weighted by molar-refractivity contribution is 14.0. The summed E-state index contributed by atoms with van der Waals surface area (Å²) in [4.78, 5) is 4.34. The Morgan fingerprint density at radius 2 is 2.04 bits per heavy atom. The first-order valence-corrected chi connectivity index (χ1v) is 9.38. The van der Waals surface area contributed by atoms with Gasteiger partial charge in [-0.1, -0.05) is 32.0 Å². The molecular weight excluding hydrogens is 453 g/mol. The van der Waals surface area contributed by atoms with Gasteiger partial charge in [0, 0.05) is 38.3 Å². The maximum Gasteiger partial charge on any atom is 0.191 e. The van der Waals surface area contributed by atoms with E-state index in [1.807, 2.05) is 23.9 Å². The molecule has 7 heteroatoms. The summed E-state index contributed by atoms with van der Waals surface area (Å²) in [6.45, 7) is 5.77. The molecule has 6 nitrogen and oxygen atoms in total. The summed E-state index contributed by atoms with van der Waals surface area (Å²) in [5.74, 6) is 1.79. The van der Waals surface area contributed by atoms with Crippen molar-refractivity contribution in [2.45, 2.75) is 45.8 Å². The fourth-order valence-electron chi connectivity index (χ4n) is 3.57. The Morgan fingerprint density at radius 1 is 1.26 bits per heavy atom. The first kappa shape index (κ1) is 21.5. The van der Waals surface area contributed by atoms with Crippen LogP contribution in [0.3, 0.4) is 0 Å². The summed E-state index contributed by atoms with van der Waals surface area (Å²) in [7, 11) is 3.81. The van der Waals surface area contributed by atoms with Crippen molar-refractivity contribution in [3.63, 3.8) is 0 Å². The number of guanidine groups is 1. The molecule has 1 aromatic carbocycles. The second kappa shape index (κ2) is 9.96. The van der Waals surface area contributed by atoms with Crippen molar-refractivity contribution < 1.29 is 4.74 Å². The third-order valence-corrected chi connectivity index (χ3v) is 4.90. The summed E-state index contributed by atoms with van der Waals surface area (Å²) in [5.41, 5.74) is 4.99. The molecule has 2 heterocycles. The topological polar surface area (TPSA) is 63.5 Å². The largest absolute Gasteiger partial charge is 0.488 e. The minimum absolute atomic E-state index is 0. The lowest BCUT2D eigenvalue weighted by Gasteiger charge is -2.16. The van der Waals surface area contributed by atoms with Crippen LogP contribution in [0.5, 0.6) is 5.75 Å². The summed E-state index contributed by atoms with van der Waals surface area (Å²) in [6.07, 6.45) is 2.98. The van der Waals surface area contributed by atoms with Crippen LogP contribution < -0.4 is 15.4 Å². The van der Waals surface area contributed by atoms with Gasteiger partial charge in [0.2, 0.25) is 0 Å². The molecule has 2 aromatic rings. The van der Waals surface area contributed by atoms with Crippen LogP contribution in [0.4, 0.5) is 0 Å². The molecule has 0 spiro atoms. The fraction of sp³-hybridized carbons (Fsp3) is 0.500. The number of hydrogen-bond donors (Lipinski definition) is 2. The smallest absolute Gasteiger partial charge is 0.191 e. The zero-order chi connectivity index (χ0) is 18.5. The van der Waals surface area contributed by atoms with Gasteiger partial charge in [-0.2, -0.15) is 5.10 Å². The number of halogens is 1. The molecule has 1 aromatic heterocycles. The molecule has 0 saturated carbocycles. The number of rotatable bonds is 6. The molecule has 2 N–H and O–H groups in total. The van der Waals surface area contributed by atoms with Crippen LogP contribution in [0.1, 0.15) is 36.4 Å². The first-order chi connectivity index (χ1) is 12.7. The van der Waals surface area contributed by atoms with E-state index in [-0.39, 0.29) is 30.1 Å². The highest BCUT2D eigenvalue weighted by atomic mass is 127. The number of nitrogens with one attached hydrogen (secondary N) is 2. The Labute approximate surface area is 178 Å². The average molecular weight is 483 g/mol. The Balaban J connectivity index is 0.00000261. The van der Waals surface area contributed by atoms with Crippen LogP contribution in [-0.2, 0) is 32.9 Å². The zero-order valence-electron chi connectivity index (χ0n) is 16.6. The van der Waals surface area contributed by atoms with Gasteiger partial charge in [0.25, 0.3) is 0 Å². The van der Waals surface area contributed by atoms with Crippen molar-refractivity contribution in [2.75, 3.05) is 13.6 Å². The molecule has 148 valence electrons. The Morgan fingerprint density at radius 3 is 2.70 bits per heavy atom. The van der Waals surface area contributed by atoms with Crippen LogP contribution in [0.25, 0.3) is 0 Å². The van der Waals surface area contributed by atoms with Gasteiger partial charge in [-0.3, -0.25) is 9.67 Å². The van der Waals surface area contributed by atoms with Crippen LogP contribution in [0, 0.1) is 0 Å². The summed E-state index contributed by atoms with van der Waals surface area (Å²) in [6, 6.07) is 8.23. The second-order valence-electron chi connectivity index (χ2n) is 6.56. The SMILES string of the molecule is CCc1nn(C)c(CC)c1CNC(=NC)NCC1Cc2ccccc2O1.I. The number of aryl methyl sites for hydroxylation is 2. The Bertz CT molecular complexity index is 762. The third-order valence-electron chi connectivity index (χ3n) is 4.90. The zero-order valence-corrected chi connectivity index (χ0v) is 18.9. The molecule has 1 unspecified atom stereocenters. The average Bonchev–Trinajstić information content (AvgIpc) is 3.21. The van der Waals surface area contributed by atoms with Crippen molar-refractivity contribution in [1.82, 2.24) is 20.4 Å². The highest BCUT2D eigenvalue weighted by Crippen LogP contribution is 2.27. The van der Waals surface area contributed by atoms with E-state index in [0.717, 1.165) is 49.8 Å². The number of aliphatic imine (C=N–C) groups is 1. The molecule has 0 fully saturated rings. The van der Waals surface area contributed by atoms with Gasteiger partial charge in [-0.25, -0.2) is 0 Å². The maximum absolute atomic E-state index is 5.98. The number of benzene rings is 1. The Hall–Kier alpha value is -1.77. The molecular formula is C20H30IN5O. The van der Waals surface area contributed by atoms with Crippen LogP contribution in [-0.4, -0.2) is 35.4 Å². The fourth-order valence-corrected chi connectivity index (χ4v) is 3.57. The number of hydrogen-bond acceptors (Lipinski definition) is 3. The van der Waals surface area contributed by atoms with E-state index < -0.39 is 0 Å². The molecule has 0 aliphatic carbocycles. The van der Waals surface area contributed by atoms with Gasteiger partial charge in [0.15, 0.2) is 5.96 Å². The van der Waals surface area contributed by atoms with Crippen LogP contribution >= 0.6 is 24.0 Å². The number of nitrogens with zero attached hydrogens (tertiary/aromatic N) is 3.